The number of nitrogens with one attached hydrogen (secondary N) is 1. The minimum absolute atomic E-state index is 0.0348. The summed E-state index contributed by atoms with van der Waals surface area (Å²) in [6, 6.07) is 12.8. The number of carbonyl (C=O) groups is 2. The monoisotopic (exact) mass is 500 g/mol. The third-order valence-electron chi connectivity index (χ3n) is 4.83. The zero-order chi connectivity index (χ0) is 24.4. The molecule has 0 aliphatic rings. The van der Waals surface area contributed by atoms with Gasteiger partial charge < -0.3 is 14.8 Å². The van der Waals surface area contributed by atoms with E-state index < -0.39 is 23.4 Å². The number of hydrogen-bond acceptors (Lipinski definition) is 8. The average molecular weight is 501 g/mol. The summed E-state index contributed by atoms with van der Waals surface area (Å²) in [5.41, 5.74) is 1.13. The molecule has 0 atom stereocenters. The molecule has 0 radical (unpaired) electrons. The number of nitrogens with zero attached hydrogens (tertiary/aromatic N) is 3. The average Bonchev–Trinajstić information content (AvgIpc) is 3.39. The van der Waals surface area contributed by atoms with E-state index in [1.165, 1.54) is 36.6 Å². The molecule has 10 nitrogen and oxygen atoms in total. The number of carbonyl (C=O) groups excluding carboxylic acids is 2. The second-order valence-electron chi connectivity index (χ2n) is 7.07. The number of hydrogen-bond donors (Lipinski definition) is 1. The molecule has 0 spiro atoms. The fraction of sp³-hybridized carbons (Fsp3) is 0.136. The van der Waals surface area contributed by atoms with E-state index in [0.29, 0.717) is 9.90 Å². The van der Waals surface area contributed by atoms with Crippen molar-refractivity contribution in [2.45, 2.75) is 6.92 Å². The maximum absolute atomic E-state index is 12.6. The van der Waals surface area contributed by atoms with Gasteiger partial charge in [-0.2, -0.15) is 5.10 Å². The van der Waals surface area contributed by atoms with Crippen molar-refractivity contribution < 1.29 is 24.0 Å². The molecule has 0 bridgehead atoms. The molecule has 0 fully saturated rings. The molecule has 2 heterocycles. The summed E-state index contributed by atoms with van der Waals surface area (Å²) < 4.78 is 11.8. The molecule has 1 amide bonds. The normalized spacial score (nSPS) is 10.8. The number of anilines is 1. The number of aryl methyl sites for hydroxylation is 1. The first-order valence-electron chi connectivity index (χ1n) is 9.81. The Morgan fingerprint density at radius 3 is 2.62 bits per heavy atom. The van der Waals surface area contributed by atoms with Crippen LogP contribution in [0.4, 0.5) is 11.4 Å². The third kappa shape index (κ3) is 4.70. The van der Waals surface area contributed by atoms with Gasteiger partial charge in [0.15, 0.2) is 6.61 Å². The lowest BCUT2D eigenvalue weighted by molar-refractivity contribution is -0.384. The molecule has 1 N–H and O–H groups in total. The molecule has 0 aliphatic heterocycles. The number of nitro benzene ring substituents is 1. The fourth-order valence-corrected chi connectivity index (χ4v) is 4.39. The Balaban J connectivity index is 1.47. The van der Waals surface area contributed by atoms with Crippen LogP contribution in [0.5, 0.6) is 5.75 Å². The largest absolute Gasteiger partial charge is 0.496 e. The lowest BCUT2D eigenvalue weighted by atomic mass is 10.2. The Hall–Kier alpha value is -3.96. The van der Waals surface area contributed by atoms with Crippen molar-refractivity contribution in [3.8, 4) is 11.4 Å². The summed E-state index contributed by atoms with van der Waals surface area (Å²) in [4.78, 5) is 36.5. The first-order chi connectivity index (χ1) is 16.3. The van der Waals surface area contributed by atoms with Crippen molar-refractivity contribution in [1.29, 1.82) is 0 Å². The van der Waals surface area contributed by atoms with Gasteiger partial charge in [0.25, 0.3) is 11.6 Å². The van der Waals surface area contributed by atoms with Gasteiger partial charge in [0.2, 0.25) is 0 Å². The quantitative estimate of drug-likeness (QED) is 0.220. The van der Waals surface area contributed by atoms with E-state index in [1.807, 2.05) is 19.1 Å². The summed E-state index contributed by atoms with van der Waals surface area (Å²) in [5.74, 6) is -1.14. The van der Waals surface area contributed by atoms with Crippen LogP contribution < -0.4 is 10.1 Å². The summed E-state index contributed by atoms with van der Waals surface area (Å²) >= 11 is 7.13. The second kappa shape index (κ2) is 9.49. The maximum Gasteiger partial charge on any atom is 0.348 e. The smallest absolute Gasteiger partial charge is 0.348 e. The molecule has 0 saturated heterocycles. The van der Waals surface area contributed by atoms with E-state index in [1.54, 1.807) is 22.9 Å². The SMILES string of the molecule is COc1ccc(NC(=O)COC(=O)c2cc3c(C)nn(-c4ccc(Cl)cc4)c3s2)c([N+](=O)[O-])c1. The van der Waals surface area contributed by atoms with Gasteiger partial charge in [0.1, 0.15) is 21.1 Å². The molecule has 0 saturated carbocycles. The highest BCUT2D eigenvalue weighted by atomic mass is 35.5. The maximum atomic E-state index is 12.6. The zero-order valence-corrected chi connectivity index (χ0v) is 19.5. The summed E-state index contributed by atoms with van der Waals surface area (Å²) in [7, 11) is 1.37. The van der Waals surface area contributed by atoms with Crippen LogP contribution in [0, 0.1) is 17.0 Å². The van der Waals surface area contributed by atoms with Gasteiger partial charge in [0.05, 0.1) is 29.5 Å². The number of fused-ring (bicyclic) bond motifs is 1. The zero-order valence-electron chi connectivity index (χ0n) is 17.9. The fourth-order valence-electron chi connectivity index (χ4n) is 3.19. The molecule has 0 aliphatic carbocycles. The Morgan fingerprint density at radius 1 is 1.21 bits per heavy atom. The van der Waals surface area contributed by atoms with Gasteiger partial charge in [0, 0.05) is 10.4 Å². The topological polar surface area (TPSA) is 126 Å². The number of halogens is 1. The van der Waals surface area contributed by atoms with Gasteiger partial charge in [-0.3, -0.25) is 14.9 Å². The van der Waals surface area contributed by atoms with Crippen LogP contribution in [-0.2, 0) is 9.53 Å². The third-order valence-corrected chi connectivity index (χ3v) is 6.17. The van der Waals surface area contributed by atoms with E-state index in [-0.39, 0.29) is 17.1 Å². The Morgan fingerprint density at radius 2 is 1.94 bits per heavy atom. The first-order valence-corrected chi connectivity index (χ1v) is 11.0. The standard InChI is InChI=1S/C22H17ClN4O6S/c1-12-16-10-19(34-21(16)26(25-12)14-5-3-13(23)4-6-14)22(29)33-11-20(28)24-17-8-7-15(32-2)9-18(17)27(30)31/h3-10H,11H2,1-2H3,(H,24,28). The van der Waals surface area contributed by atoms with Crippen molar-refractivity contribution in [2.24, 2.45) is 0 Å². The van der Waals surface area contributed by atoms with Gasteiger partial charge in [-0.15, -0.1) is 11.3 Å². The highest BCUT2D eigenvalue weighted by Gasteiger charge is 2.21. The highest BCUT2D eigenvalue weighted by molar-refractivity contribution is 7.20. The molecule has 0 unspecified atom stereocenters. The number of rotatable bonds is 7. The van der Waals surface area contributed by atoms with E-state index in [4.69, 9.17) is 21.1 Å². The molecular weight excluding hydrogens is 484 g/mol. The Kier molecular flexibility index (Phi) is 6.48. The number of aromatic nitrogens is 2. The van der Waals surface area contributed by atoms with Gasteiger partial charge >= 0.3 is 5.97 Å². The van der Waals surface area contributed by atoms with E-state index in [9.17, 15) is 19.7 Å². The highest BCUT2D eigenvalue weighted by Crippen LogP contribution is 2.31. The van der Waals surface area contributed by atoms with Crippen molar-refractivity contribution in [3.63, 3.8) is 0 Å². The minimum atomic E-state index is -0.716. The molecule has 2 aromatic carbocycles. The molecule has 2 aromatic heterocycles. The number of nitro groups is 1. The number of esters is 1. The Labute approximate surface area is 201 Å². The Bertz CT molecular complexity index is 1410. The van der Waals surface area contributed by atoms with Crippen LogP contribution in [0.2, 0.25) is 5.02 Å². The van der Waals surface area contributed by atoms with Gasteiger partial charge in [-0.05, 0) is 49.4 Å². The summed E-state index contributed by atoms with van der Waals surface area (Å²) in [6.45, 7) is 1.21. The number of benzene rings is 2. The van der Waals surface area contributed by atoms with Crippen LogP contribution >= 0.6 is 22.9 Å². The van der Waals surface area contributed by atoms with Crippen LogP contribution in [0.25, 0.3) is 15.9 Å². The molecule has 34 heavy (non-hydrogen) atoms. The van der Waals surface area contributed by atoms with E-state index >= 15 is 0 Å². The minimum Gasteiger partial charge on any atom is -0.496 e. The van der Waals surface area contributed by atoms with Crippen molar-refractivity contribution >= 4 is 56.4 Å². The molecule has 4 rings (SSSR count). The van der Waals surface area contributed by atoms with Crippen molar-refractivity contribution in [1.82, 2.24) is 9.78 Å². The lowest BCUT2D eigenvalue weighted by Crippen LogP contribution is -2.21. The van der Waals surface area contributed by atoms with Crippen LogP contribution in [0.1, 0.15) is 15.4 Å². The number of amides is 1. The molecule has 4 aromatic rings. The van der Waals surface area contributed by atoms with Gasteiger partial charge in [-0.1, -0.05) is 11.6 Å². The summed E-state index contributed by atoms with van der Waals surface area (Å²) in [5, 5.41) is 19.5. The van der Waals surface area contributed by atoms with Crippen LogP contribution in [0.3, 0.4) is 0 Å². The molecular formula is C22H17ClN4O6S. The van der Waals surface area contributed by atoms with Crippen LogP contribution in [-0.4, -0.2) is 40.3 Å². The number of methoxy groups -OCH3 is 1. The van der Waals surface area contributed by atoms with E-state index in [2.05, 4.69) is 10.4 Å². The molecule has 12 heteroatoms. The van der Waals surface area contributed by atoms with Crippen LogP contribution in [0.15, 0.2) is 48.5 Å². The number of ether oxygens (including phenoxy) is 2. The predicted molar refractivity (Wildman–Crippen MR) is 127 cm³/mol. The summed E-state index contributed by atoms with van der Waals surface area (Å²) in [6.07, 6.45) is 0. The lowest BCUT2D eigenvalue weighted by Gasteiger charge is -2.08. The van der Waals surface area contributed by atoms with Crippen molar-refractivity contribution in [3.05, 3.63) is 74.2 Å². The number of thiophene rings is 1. The second-order valence-corrected chi connectivity index (χ2v) is 8.53. The predicted octanol–water partition coefficient (Wildman–Crippen LogP) is 4.76. The van der Waals surface area contributed by atoms with Crippen molar-refractivity contribution in [2.75, 3.05) is 19.0 Å². The van der Waals surface area contributed by atoms with E-state index in [0.717, 1.165) is 21.6 Å². The first kappa shape index (κ1) is 23.2. The van der Waals surface area contributed by atoms with Gasteiger partial charge in [-0.25, -0.2) is 9.48 Å². The molecule has 174 valence electrons.